The van der Waals surface area contributed by atoms with Gasteiger partial charge in [-0.2, -0.15) is 0 Å². The maximum atomic E-state index is 2.43. The van der Waals surface area contributed by atoms with Crippen LogP contribution in [0, 0.1) is 0 Å². The van der Waals surface area contributed by atoms with Crippen LogP contribution in [0.3, 0.4) is 0 Å². The lowest BCUT2D eigenvalue weighted by atomic mass is 9.90. The average Bonchev–Trinajstić information content (AvgIpc) is 3.85. The fourth-order valence-corrected chi connectivity index (χ4v) is 9.56. The number of para-hydroxylation sites is 3. The minimum absolute atomic E-state index is 1.15. The Balaban J connectivity index is 1.08. The van der Waals surface area contributed by atoms with Crippen molar-refractivity contribution in [2.45, 2.75) is 0 Å². The zero-order valence-electron chi connectivity index (χ0n) is 32.8. The van der Waals surface area contributed by atoms with Gasteiger partial charge in [0.15, 0.2) is 0 Å². The number of rotatable bonds is 6. The molecule has 0 atom stereocenters. The highest BCUT2D eigenvalue weighted by atomic mass is 15.0. The number of nitrogens with zero attached hydrogens (tertiary/aromatic N) is 2. The van der Waals surface area contributed by atoms with E-state index in [9.17, 15) is 0 Å². The maximum Gasteiger partial charge on any atom is 0.0547 e. The summed E-state index contributed by atoms with van der Waals surface area (Å²) < 4.78 is 4.84. The molecule has 0 spiro atoms. The molecule has 10 aromatic carbocycles. The number of hydrogen-bond acceptors (Lipinski definition) is 0. The van der Waals surface area contributed by atoms with E-state index in [2.05, 4.69) is 240 Å². The van der Waals surface area contributed by atoms with Crippen molar-refractivity contribution in [2.24, 2.45) is 0 Å². The molecule has 2 heteroatoms. The second kappa shape index (κ2) is 13.9. The van der Waals surface area contributed by atoms with E-state index in [1.165, 1.54) is 105 Å². The van der Waals surface area contributed by atoms with Gasteiger partial charge in [0, 0.05) is 32.9 Å². The van der Waals surface area contributed by atoms with Gasteiger partial charge in [-0.25, -0.2) is 0 Å². The molecule has 0 bridgehead atoms. The first-order chi connectivity index (χ1) is 29.8. The Kier molecular flexibility index (Phi) is 7.89. The van der Waals surface area contributed by atoms with E-state index in [0.717, 1.165) is 5.69 Å². The third kappa shape index (κ3) is 5.50. The van der Waals surface area contributed by atoms with Crippen LogP contribution in [0.25, 0.3) is 110 Å². The maximum absolute atomic E-state index is 2.43. The SMILES string of the molecule is c1ccc(-c2cc(-c3ccc4c5ccccc5n(-c5cccc(-c6ccccc6)c5)c4c3)cc(-c3cccc4c3ccc3c4c4ccccc4n3-c3ccccc3)c2)cc1. The summed E-state index contributed by atoms with van der Waals surface area (Å²) in [7, 11) is 0. The van der Waals surface area contributed by atoms with Crippen molar-refractivity contribution in [3.05, 3.63) is 231 Å². The summed E-state index contributed by atoms with van der Waals surface area (Å²) in [4.78, 5) is 0. The topological polar surface area (TPSA) is 9.86 Å². The van der Waals surface area contributed by atoms with Crippen molar-refractivity contribution >= 4 is 54.4 Å². The molecule has 0 amide bonds. The molecule has 2 heterocycles. The highest BCUT2D eigenvalue weighted by molar-refractivity contribution is 6.23. The molecule has 0 aliphatic rings. The predicted molar refractivity (Wildman–Crippen MR) is 254 cm³/mol. The van der Waals surface area contributed by atoms with Gasteiger partial charge >= 0.3 is 0 Å². The summed E-state index contributed by atoms with van der Waals surface area (Å²) in [5.41, 5.74) is 16.7. The van der Waals surface area contributed by atoms with Crippen LogP contribution in [0.4, 0.5) is 0 Å². The Hall–Kier alpha value is -7.94. The van der Waals surface area contributed by atoms with Gasteiger partial charge in [-0.15, -0.1) is 0 Å². The van der Waals surface area contributed by atoms with Crippen molar-refractivity contribution < 1.29 is 0 Å². The van der Waals surface area contributed by atoms with Gasteiger partial charge in [-0.1, -0.05) is 164 Å². The van der Waals surface area contributed by atoms with Crippen LogP contribution in [0.2, 0.25) is 0 Å². The van der Waals surface area contributed by atoms with Gasteiger partial charge in [-0.3, -0.25) is 0 Å². The summed E-state index contributed by atoms with van der Waals surface area (Å²) in [6.07, 6.45) is 0. The molecule has 2 nitrogen and oxygen atoms in total. The van der Waals surface area contributed by atoms with E-state index in [4.69, 9.17) is 0 Å². The number of aromatic nitrogens is 2. The third-order valence-electron chi connectivity index (χ3n) is 12.3. The van der Waals surface area contributed by atoms with E-state index in [1.807, 2.05) is 0 Å². The lowest BCUT2D eigenvalue weighted by Crippen LogP contribution is -1.95. The lowest BCUT2D eigenvalue weighted by Gasteiger charge is -2.15. The summed E-state index contributed by atoms with van der Waals surface area (Å²) in [6.45, 7) is 0. The minimum Gasteiger partial charge on any atom is -0.309 e. The van der Waals surface area contributed by atoms with E-state index >= 15 is 0 Å². The molecule has 0 aliphatic carbocycles. The molecule has 12 aromatic rings. The highest BCUT2D eigenvalue weighted by Gasteiger charge is 2.18. The summed E-state index contributed by atoms with van der Waals surface area (Å²) in [5, 5.41) is 7.53. The summed E-state index contributed by atoms with van der Waals surface area (Å²) in [6, 6.07) is 84.3. The van der Waals surface area contributed by atoms with Crippen LogP contribution in [0.1, 0.15) is 0 Å². The molecule has 0 radical (unpaired) electrons. The molecule has 0 saturated carbocycles. The minimum atomic E-state index is 1.15. The average molecular weight is 763 g/mol. The van der Waals surface area contributed by atoms with E-state index in [1.54, 1.807) is 0 Å². The van der Waals surface area contributed by atoms with Crippen LogP contribution in [-0.2, 0) is 0 Å². The smallest absolute Gasteiger partial charge is 0.0547 e. The van der Waals surface area contributed by atoms with Gasteiger partial charge in [0.2, 0.25) is 0 Å². The van der Waals surface area contributed by atoms with Crippen molar-refractivity contribution in [2.75, 3.05) is 0 Å². The molecule has 0 unspecified atom stereocenters. The fourth-order valence-electron chi connectivity index (χ4n) is 9.56. The predicted octanol–water partition coefficient (Wildman–Crippen LogP) is 15.7. The molecule has 0 fully saturated rings. The number of fused-ring (bicyclic) bond motifs is 8. The third-order valence-corrected chi connectivity index (χ3v) is 12.3. The molecule has 0 aliphatic heterocycles. The first kappa shape index (κ1) is 34.1. The molecule has 2 aromatic heterocycles. The van der Waals surface area contributed by atoms with Crippen molar-refractivity contribution in [1.29, 1.82) is 0 Å². The van der Waals surface area contributed by atoms with Crippen molar-refractivity contribution in [3.8, 4) is 55.9 Å². The molecule has 280 valence electrons. The van der Waals surface area contributed by atoms with Crippen molar-refractivity contribution in [1.82, 2.24) is 9.13 Å². The van der Waals surface area contributed by atoms with Gasteiger partial charge < -0.3 is 9.13 Å². The Morgan fingerprint density at radius 2 is 0.717 bits per heavy atom. The molecule has 0 N–H and O–H groups in total. The second-order valence-corrected chi connectivity index (χ2v) is 15.7. The largest absolute Gasteiger partial charge is 0.309 e. The first-order valence-electron chi connectivity index (χ1n) is 20.7. The zero-order valence-corrected chi connectivity index (χ0v) is 32.8. The van der Waals surface area contributed by atoms with Gasteiger partial charge in [0.05, 0.1) is 22.1 Å². The number of hydrogen-bond donors (Lipinski definition) is 0. The Bertz CT molecular complexity index is 3580. The van der Waals surface area contributed by atoms with Gasteiger partial charge in [0.1, 0.15) is 0 Å². The molecule has 12 rings (SSSR count). The van der Waals surface area contributed by atoms with Crippen LogP contribution in [0.15, 0.2) is 231 Å². The van der Waals surface area contributed by atoms with Gasteiger partial charge in [-0.05, 0) is 122 Å². The van der Waals surface area contributed by atoms with E-state index in [0.29, 0.717) is 0 Å². The Morgan fingerprint density at radius 3 is 1.48 bits per heavy atom. The monoisotopic (exact) mass is 762 g/mol. The quantitative estimate of drug-likeness (QED) is 0.160. The number of benzene rings is 10. The Morgan fingerprint density at radius 1 is 0.217 bits per heavy atom. The second-order valence-electron chi connectivity index (χ2n) is 15.7. The van der Waals surface area contributed by atoms with Crippen LogP contribution < -0.4 is 0 Å². The summed E-state index contributed by atoms with van der Waals surface area (Å²) >= 11 is 0. The Labute approximate surface area is 348 Å². The normalized spacial score (nSPS) is 11.7. The standard InChI is InChI=1S/C58H38N2/c1-4-16-39(17-5-1)41-20-14-23-47(37-41)60-54-28-12-10-24-50(54)51-31-30-42(38-57(51)60)44-34-43(40-18-6-2-7-19-40)35-45(36-44)48-26-15-27-52-49(48)32-33-56-58(52)53-25-11-13-29-55(53)59(56)46-21-8-3-9-22-46/h1-38H. The zero-order chi connectivity index (χ0) is 39.6. The molecular formula is C58H38N2. The highest BCUT2D eigenvalue weighted by Crippen LogP contribution is 2.42. The molecule has 0 saturated heterocycles. The van der Waals surface area contributed by atoms with Crippen LogP contribution >= 0.6 is 0 Å². The van der Waals surface area contributed by atoms with Crippen LogP contribution in [-0.4, -0.2) is 9.13 Å². The molecule has 60 heavy (non-hydrogen) atoms. The van der Waals surface area contributed by atoms with Gasteiger partial charge in [0.25, 0.3) is 0 Å². The van der Waals surface area contributed by atoms with E-state index in [-0.39, 0.29) is 0 Å². The lowest BCUT2D eigenvalue weighted by molar-refractivity contribution is 1.18. The van der Waals surface area contributed by atoms with E-state index < -0.39 is 0 Å². The first-order valence-corrected chi connectivity index (χ1v) is 20.7. The fraction of sp³-hybridized carbons (Fsp3) is 0. The van der Waals surface area contributed by atoms with Crippen molar-refractivity contribution in [3.63, 3.8) is 0 Å². The van der Waals surface area contributed by atoms with Crippen LogP contribution in [0.5, 0.6) is 0 Å². The summed E-state index contributed by atoms with van der Waals surface area (Å²) in [5.74, 6) is 0. The molecular weight excluding hydrogens is 725 g/mol.